The number of ether oxygens (including phenoxy) is 2. The van der Waals surface area contributed by atoms with Gasteiger partial charge in [-0.15, -0.1) is 11.3 Å². The third-order valence-electron chi connectivity index (χ3n) is 6.26. The number of halogens is 3. The van der Waals surface area contributed by atoms with Crippen LogP contribution in [0.4, 0.5) is 24.8 Å². The van der Waals surface area contributed by atoms with Crippen molar-refractivity contribution in [3.05, 3.63) is 52.9 Å². The zero-order valence-corrected chi connectivity index (χ0v) is 21.0. The highest BCUT2D eigenvalue weighted by Gasteiger charge is 2.41. The summed E-state index contributed by atoms with van der Waals surface area (Å²) in [5.41, 5.74) is 0.758. The van der Waals surface area contributed by atoms with Gasteiger partial charge in [0.05, 0.1) is 17.4 Å². The average Bonchev–Trinajstić information content (AvgIpc) is 3.35. The standard InChI is InChI=1S/C25H27F3N4O3S/c1-4-35-21(33)16-5-8-24(34-3,9-6-16)22-30-14-19(36-22)17-11-15(2)12-18(13-17)31-23-29-10-7-20(32-23)25(26,27)28/h7,10-14,16H,4-6,8-9H2,1-3H3,(H,29,31,32). The largest absolute Gasteiger partial charge is 0.466 e. The highest BCUT2D eigenvalue weighted by molar-refractivity contribution is 7.15. The first-order chi connectivity index (χ1) is 17.1. The Balaban J connectivity index is 1.54. The Labute approximate surface area is 211 Å². The van der Waals surface area contributed by atoms with E-state index in [4.69, 9.17) is 9.47 Å². The molecule has 1 fully saturated rings. The molecule has 0 aliphatic heterocycles. The minimum atomic E-state index is -4.55. The van der Waals surface area contributed by atoms with Crippen LogP contribution in [-0.4, -0.2) is 34.6 Å². The molecule has 1 N–H and O–H groups in total. The first kappa shape index (κ1) is 26.0. The van der Waals surface area contributed by atoms with Gasteiger partial charge in [0.1, 0.15) is 16.3 Å². The third-order valence-corrected chi connectivity index (χ3v) is 7.50. The summed E-state index contributed by atoms with van der Waals surface area (Å²) in [6.45, 7) is 4.07. The molecule has 2 heterocycles. The van der Waals surface area contributed by atoms with Crippen molar-refractivity contribution in [2.24, 2.45) is 5.92 Å². The maximum Gasteiger partial charge on any atom is 0.433 e. The Bertz CT molecular complexity index is 1220. The highest BCUT2D eigenvalue weighted by Crippen LogP contribution is 2.45. The van der Waals surface area contributed by atoms with E-state index < -0.39 is 17.5 Å². The third kappa shape index (κ3) is 5.67. The van der Waals surface area contributed by atoms with Gasteiger partial charge in [0, 0.05) is 25.2 Å². The van der Waals surface area contributed by atoms with E-state index in [1.807, 2.05) is 25.1 Å². The number of aromatic nitrogens is 3. The summed E-state index contributed by atoms with van der Waals surface area (Å²) in [6, 6.07) is 6.44. The molecule has 0 radical (unpaired) electrons. The molecule has 0 amide bonds. The first-order valence-electron chi connectivity index (χ1n) is 11.6. The Hall–Kier alpha value is -3.05. The number of esters is 1. The van der Waals surface area contributed by atoms with Gasteiger partial charge in [0.15, 0.2) is 0 Å². The van der Waals surface area contributed by atoms with Gasteiger partial charge in [-0.3, -0.25) is 4.79 Å². The van der Waals surface area contributed by atoms with E-state index in [0.29, 0.717) is 38.0 Å². The second-order valence-electron chi connectivity index (χ2n) is 8.73. The van der Waals surface area contributed by atoms with Crippen molar-refractivity contribution in [1.82, 2.24) is 15.0 Å². The number of anilines is 2. The molecule has 1 aromatic carbocycles. The lowest BCUT2D eigenvalue weighted by molar-refractivity contribution is -0.152. The van der Waals surface area contributed by atoms with Crippen molar-refractivity contribution >= 4 is 28.9 Å². The van der Waals surface area contributed by atoms with Crippen LogP contribution in [0.25, 0.3) is 10.4 Å². The topological polar surface area (TPSA) is 86.2 Å². The summed E-state index contributed by atoms with van der Waals surface area (Å²) >= 11 is 1.51. The van der Waals surface area contributed by atoms with Crippen LogP contribution < -0.4 is 5.32 Å². The van der Waals surface area contributed by atoms with Crippen LogP contribution in [0.1, 0.15) is 48.9 Å². The zero-order valence-electron chi connectivity index (χ0n) is 20.2. The first-order valence-corrected chi connectivity index (χ1v) is 12.4. The quantitative estimate of drug-likeness (QED) is 0.368. The lowest BCUT2D eigenvalue weighted by Gasteiger charge is -2.36. The van der Waals surface area contributed by atoms with E-state index in [0.717, 1.165) is 33.3 Å². The molecule has 2 aromatic heterocycles. The summed E-state index contributed by atoms with van der Waals surface area (Å²) in [7, 11) is 1.66. The summed E-state index contributed by atoms with van der Waals surface area (Å²) in [5.74, 6) is -0.425. The highest BCUT2D eigenvalue weighted by atomic mass is 32.1. The van der Waals surface area contributed by atoms with E-state index in [-0.39, 0.29) is 17.8 Å². The lowest BCUT2D eigenvalue weighted by atomic mass is 9.79. The molecule has 1 saturated carbocycles. The summed E-state index contributed by atoms with van der Waals surface area (Å²) in [5, 5.41) is 3.71. The number of carbonyl (C=O) groups excluding carboxylic acids is 1. The lowest BCUT2D eigenvalue weighted by Crippen LogP contribution is -2.36. The molecule has 3 aromatic rings. The molecule has 7 nitrogen and oxygen atoms in total. The number of carbonyl (C=O) groups is 1. The molecule has 0 atom stereocenters. The molecule has 0 saturated heterocycles. The number of hydrogen-bond donors (Lipinski definition) is 1. The van der Waals surface area contributed by atoms with E-state index >= 15 is 0 Å². The van der Waals surface area contributed by atoms with Crippen molar-refractivity contribution in [3.8, 4) is 10.4 Å². The minimum absolute atomic E-state index is 0.129. The van der Waals surface area contributed by atoms with Gasteiger partial charge in [0.2, 0.25) is 5.95 Å². The predicted molar refractivity (Wildman–Crippen MR) is 130 cm³/mol. The number of aryl methyl sites for hydroxylation is 1. The van der Waals surface area contributed by atoms with Crippen molar-refractivity contribution in [1.29, 1.82) is 0 Å². The van der Waals surface area contributed by atoms with Gasteiger partial charge in [-0.25, -0.2) is 15.0 Å². The predicted octanol–water partition coefficient (Wildman–Crippen LogP) is 6.27. The second-order valence-corrected chi connectivity index (χ2v) is 9.76. The number of nitrogens with one attached hydrogen (secondary N) is 1. The van der Waals surface area contributed by atoms with Crippen LogP contribution >= 0.6 is 11.3 Å². The van der Waals surface area contributed by atoms with Crippen LogP contribution in [0.3, 0.4) is 0 Å². The Morgan fingerprint density at radius 3 is 2.64 bits per heavy atom. The van der Waals surface area contributed by atoms with Gasteiger partial charge >= 0.3 is 12.1 Å². The number of rotatable bonds is 7. The summed E-state index contributed by atoms with van der Waals surface area (Å²) in [6.07, 6.45) is 0.945. The monoisotopic (exact) mass is 520 g/mol. The molecule has 11 heteroatoms. The number of methoxy groups -OCH3 is 1. The molecule has 1 aliphatic carbocycles. The van der Waals surface area contributed by atoms with E-state index in [1.54, 1.807) is 20.2 Å². The Kier molecular flexibility index (Phi) is 7.60. The van der Waals surface area contributed by atoms with Crippen LogP contribution in [0.2, 0.25) is 0 Å². The van der Waals surface area contributed by atoms with Gasteiger partial charge in [0.25, 0.3) is 0 Å². The fraction of sp³-hybridized carbons (Fsp3) is 0.440. The van der Waals surface area contributed by atoms with E-state index in [9.17, 15) is 18.0 Å². The van der Waals surface area contributed by atoms with Crippen LogP contribution in [-0.2, 0) is 26.0 Å². The minimum Gasteiger partial charge on any atom is -0.466 e. The van der Waals surface area contributed by atoms with E-state index in [2.05, 4.69) is 20.3 Å². The zero-order chi connectivity index (χ0) is 25.9. The second kappa shape index (κ2) is 10.5. The van der Waals surface area contributed by atoms with Crippen molar-refractivity contribution in [2.45, 2.75) is 51.3 Å². The van der Waals surface area contributed by atoms with Gasteiger partial charge in [-0.1, -0.05) is 6.07 Å². The molecular formula is C25H27F3N4O3S. The Morgan fingerprint density at radius 2 is 1.97 bits per heavy atom. The summed E-state index contributed by atoms with van der Waals surface area (Å²) < 4.78 is 50.2. The average molecular weight is 521 g/mol. The van der Waals surface area contributed by atoms with Crippen molar-refractivity contribution < 1.29 is 27.4 Å². The molecular weight excluding hydrogens is 493 g/mol. The van der Waals surface area contributed by atoms with Gasteiger partial charge in [-0.2, -0.15) is 13.2 Å². The number of benzene rings is 1. The fourth-order valence-corrected chi connectivity index (χ4v) is 5.54. The molecule has 0 unspecified atom stereocenters. The number of nitrogens with zero attached hydrogens (tertiary/aromatic N) is 3. The molecule has 4 rings (SSSR count). The normalized spacial score (nSPS) is 20.2. The maximum atomic E-state index is 13.0. The SMILES string of the molecule is CCOC(=O)C1CCC(OC)(c2ncc(-c3cc(C)cc(Nc4nccc(C(F)(F)F)n4)c3)s2)CC1. The van der Waals surface area contributed by atoms with Crippen molar-refractivity contribution in [2.75, 3.05) is 19.0 Å². The van der Waals surface area contributed by atoms with Crippen LogP contribution in [0.5, 0.6) is 0 Å². The number of alkyl halides is 3. The number of thiazole rings is 1. The molecule has 192 valence electrons. The summed E-state index contributed by atoms with van der Waals surface area (Å²) in [4.78, 5) is 25.2. The molecule has 0 spiro atoms. The van der Waals surface area contributed by atoms with Gasteiger partial charge < -0.3 is 14.8 Å². The van der Waals surface area contributed by atoms with Crippen molar-refractivity contribution in [3.63, 3.8) is 0 Å². The smallest absolute Gasteiger partial charge is 0.433 e. The van der Waals surface area contributed by atoms with Crippen LogP contribution in [0.15, 0.2) is 36.7 Å². The fourth-order valence-electron chi connectivity index (χ4n) is 4.41. The van der Waals surface area contributed by atoms with Gasteiger partial charge in [-0.05, 0) is 68.9 Å². The maximum absolute atomic E-state index is 13.0. The molecule has 36 heavy (non-hydrogen) atoms. The Morgan fingerprint density at radius 1 is 1.22 bits per heavy atom. The van der Waals surface area contributed by atoms with Crippen LogP contribution in [0, 0.1) is 12.8 Å². The van der Waals surface area contributed by atoms with E-state index in [1.165, 1.54) is 11.3 Å². The number of hydrogen-bond acceptors (Lipinski definition) is 8. The molecule has 0 bridgehead atoms. The molecule has 1 aliphatic rings.